The van der Waals surface area contributed by atoms with Crippen LogP contribution in [0.4, 0.5) is 0 Å². The molecule has 14 heavy (non-hydrogen) atoms. The maximum absolute atomic E-state index is 5.86. The van der Waals surface area contributed by atoms with E-state index in [1.54, 1.807) is 0 Å². The van der Waals surface area contributed by atoms with Crippen molar-refractivity contribution in [1.82, 2.24) is 0 Å². The molecule has 0 aliphatic rings. The van der Waals surface area contributed by atoms with E-state index in [1.165, 1.54) is 5.56 Å². The molecule has 0 radical (unpaired) electrons. The molecule has 1 rings (SSSR count). The van der Waals surface area contributed by atoms with Crippen LogP contribution >= 0.6 is 0 Å². The normalized spacial score (nSPS) is 9.07. The van der Waals surface area contributed by atoms with Crippen LogP contribution in [0.1, 0.15) is 47.1 Å². The van der Waals surface area contributed by atoms with Gasteiger partial charge in [-0.05, 0) is 19.4 Å². The fourth-order valence-corrected chi connectivity index (χ4v) is 0.868. The van der Waals surface area contributed by atoms with Gasteiger partial charge >= 0.3 is 0 Å². The molecule has 0 aromatic heterocycles. The first kappa shape index (κ1) is 15.6. The number of nitrogens with two attached hydrogens (primary N) is 1. The molecule has 0 saturated carbocycles. The average molecular weight is 195 g/mol. The molecular formula is C13H25N. The molecule has 0 heterocycles. The summed E-state index contributed by atoms with van der Waals surface area (Å²) in [5.74, 6) is 0. The zero-order valence-electron chi connectivity index (χ0n) is 10.5. The summed E-state index contributed by atoms with van der Waals surface area (Å²) in [7, 11) is 0. The molecule has 0 fully saturated rings. The minimum Gasteiger partial charge on any atom is -0.322 e. The minimum atomic E-state index is -0.207. The number of hydrogen-bond acceptors (Lipinski definition) is 1. The second-order valence-electron chi connectivity index (χ2n) is 3.09. The Bertz CT molecular complexity index is 196. The monoisotopic (exact) mass is 195 g/mol. The van der Waals surface area contributed by atoms with Gasteiger partial charge in [-0.1, -0.05) is 58.0 Å². The van der Waals surface area contributed by atoms with Gasteiger partial charge in [-0.3, -0.25) is 0 Å². The highest BCUT2D eigenvalue weighted by Crippen LogP contribution is 2.14. The molecule has 1 aromatic rings. The van der Waals surface area contributed by atoms with E-state index in [1.807, 2.05) is 71.9 Å². The maximum Gasteiger partial charge on any atom is 0.0352 e. The lowest BCUT2D eigenvalue weighted by atomic mass is 9.96. The maximum atomic E-state index is 5.86. The van der Waals surface area contributed by atoms with Crippen LogP contribution in [0.15, 0.2) is 30.3 Å². The Hall–Kier alpha value is -0.820. The van der Waals surface area contributed by atoms with Gasteiger partial charge in [0.2, 0.25) is 0 Å². The predicted octanol–water partition coefficient (Wildman–Crippen LogP) is 3.93. The zero-order valence-corrected chi connectivity index (χ0v) is 10.5. The van der Waals surface area contributed by atoms with E-state index < -0.39 is 0 Å². The van der Waals surface area contributed by atoms with Crippen molar-refractivity contribution in [1.29, 1.82) is 0 Å². The first-order valence-electron chi connectivity index (χ1n) is 5.45. The van der Waals surface area contributed by atoms with E-state index in [4.69, 9.17) is 5.73 Å². The fourth-order valence-electron chi connectivity index (χ4n) is 0.868. The van der Waals surface area contributed by atoms with E-state index in [0.717, 1.165) is 0 Å². The van der Waals surface area contributed by atoms with Crippen LogP contribution in [-0.2, 0) is 5.54 Å². The Balaban J connectivity index is 0. The summed E-state index contributed by atoms with van der Waals surface area (Å²) < 4.78 is 0. The molecule has 82 valence electrons. The average Bonchev–Trinajstić information content (AvgIpc) is 2.24. The van der Waals surface area contributed by atoms with Gasteiger partial charge in [0.15, 0.2) is 0 Å². The van der Waals surface area contributed by atoms with Crippen molar-refractivity contribution < 1.29 is 0 Å². The smallest absolute Gasteiger partial charge is 0.0352 e. The van der Waals surface area contributed by atoms with E-state index in [0.29, 0.717) is 0 Å². The standard InChI is InChI=1S/C9H13N.2C2H6/c1-9(2,10)8-6-4-3-5-7-8;2*1-2/h3-7H,10H2,1-2H3;2*1-2H3. The lowest BCUT2D eigenvalue weighted by Gasteiger charge is -2.18. The van der Waals surface area contributed by atoms with Gasteiger partial charge in [-0.2, -0.15) is 0 Å². The Morgan fingerprint density at radius 2 is 1.21 bits per heavy atom. The Labute approximate surface area is 89.3 Å². The van der Waals surface area contributed by atoms with Crippen LogP contribution in [-0.4, -0.2) is 0 Å². The molecule has 0 unspecified atom stereocenters. The molecule has 0 saturated heterocycles. The highest BCUT2D eigenvalue weighted by molar-refractivity contribution is 5.21. The molecule has 0 atom stereocenters. The third kappa shape index (κ3) is 6.67. The first-order valence-corrected chi connectivity index (χ1v) is 5.45. The van der Waals surface area contributed by atoms with Crippen molar-refractivity contribution in [3.05, 3.63) is 35.9 Å². The number of benzene rings is 1. The molecule has 1 nitrogen and oxygen atoms in total. The third-order valence-electron chi connectivity index (χ3n) is 1.52. The topological polar surface area (TPSA) is 26.0 Å². The van der Waals surface area contributed by atoms with Crippen molar-refractivity contribution in [2.75, 3.05) is 0 Å². The molecule has 2 N–H and O–H groups in total. The van der Waals surface area contributed by atoms with E-state index in [9.17, 15) is 0 Å². The summed E-state index contributed by atoms with van der Waals surface area (Å²) in [6, 6.07) is 10.1. The fraction of sp³-hybridized carbons (Fsp3) is 0.538. The summed E-state index contributed by atoms with van der Waals surface area (Å²) in [6.07, 6.45) is 0. The number of hydrogen-bond donors (Lipinski definition) is 1. The lowest BCUT2D eigenvalue weighted by molar-refractivity contribution is 0.554. The quantitative estimate of drug-likeness (QED) is 0.722. The van der Waals surface area contributed by atoms with Crippen LogP contribution in [0.2, 0.25) is 0 Å². The summed E-state index contributed by atoms with van der Waals surface area (Å²) in [6.45, 7) is 12.0. The van der Waals surface area contributed by atoms with Gasteiger partial charge in [0.25, 0.3) is 0 Å². The number of rotatable bonds is 1. The largest absolute Gasteiger partial charge is 0.322 e. The molecule has 0 aliphatic carbocycles. The highest BCUT2D eigenvalue weighted by Gasteiger charge is 2.11. The van der Waals surface area contributed by atoms with Crippen LogP contribution in [0, 0.1) is 0 Å². The van der Waals surface area contributed by atoms with Gasteiger partial charge in [-0.15, -0.1) is 0 Å². The molecule has 0 aliphatic heterocycles. The van der Waals surface area contributed by atoms with E-state index in [-0.39, 0.29) is 5.54 Å². The summed E-state index contributed by atoms with van der Waals surface area (Å²) in [4.78, 5) is 0. The van der Waals surface area contributed by atoms with E-state index in [2.05, 4.69) is 0 Å². The van der Waals surface area contributed by atoms with Crippen molar-refractivity contribution >= 4 is 0 Å². The predicted molar refractivity (Wildman–Crippen MR) is 66.4 cm³/mol. The van der Waals surface area contributed by atoms with Gasteiger partial charge in [0.05, 0.1) is 0 Å². The summed E-state index contributed by atoms with van der Waals surface area (Å²) >= 11 is 0. The van der Waals surface area contributed by atoms with Crippen molar-refractivity contribution in [3.63, 3.8) is 0 Å². The lowest BCUT2D eigenvalue weighted by Crippen LogP contribution is -2.28. The van der Waals surface area contributed by atoms with Gasteiger partial charge in [0.1, 0.15) is 0 Å². The van der Waals surface area contributed by atoms with Crippen molar-refractivity contribution in [2.24, 2.45) is 5.73 Å². The second-order valence-corrected chi connectivity index (χ2v) is 3.09. The minimum absolute atomic E-state index is 0.207. The van der Waals surface area contributed by atoms with Crippen LogP contribution in [0.3, 0.4) is 0 Å². The Morgan fingerprint density at radius 1 is 0.857 bits per heavy atom. The summed E-state index contributed by atoms with van der Waals surface area (Å²) in [5, 5.41) is 0. The van der Waals surface area contributed by atoms with Gasteiger partial charge < -0.3 is 5.73 Å². The third-order valence-corrected chi connectivity index (χ3v) is 1.52. The SMILES string of the molecule is CC.CC.CC(C)(N)c1ccccc1. The molecule has 1 heteroatoms. The van der Waals surface area contributed by atoms with Gasteiger partial charge in [-0.25, -0.2) is 0 Å². The van der Waals surface area contributed by atoms with E-state index >= 15 is 0 Å². The van der Waals surface area contributed by atoms with Crippen LogP contribution < -0.4 is 5.73 Å². The second kappa shape index (κ2) is 8.76. The molecule has 1 aromatic carbocycles. The molecule has 0 bridgehead atoms. The van der Waals surface area contributed by atoms with Crippen molar-refractivity contribution in [2.45, 2.75) is 47.1 Å². The molecule has 0 amide bonds. The highest BCUT2D eigenvalue weighted by atomic mass is 14.7. The van der Waals surface area contributed by atoms with Crippen molar-refractivity contribution in [3.8, 4) is 0 Å². The molecular weight excluding hydrogens is 170 g/mol. The molecule has 0 spiro atoms. The zero-order chi connectivity index (χ0) is 11.6. The first-order chi connectivity index (χ1) is 6.61. The van der Waals surface area contributed by atoms with Crippen LogP contribution in [0.5, 0.6) is 0 Å². The van der Waals surface area contributed by atoms with Crippen LogP contribution in [0.25, 0.3) is 0 Å². The Morgan fingerprint density at radius 3 is 1.43 bits per heavy atom. The summed E-state index contributed by atoms with van der Waals surface area (Å²) in [5.41, 5.74) is 6.83. The van der Waals surface area contributed by atoms with Gasteiger partial charge in [0, 0.05) is 5.54 Å². The Kier molecular flexibility index (Phi) is 9.79.